The Morgan fingerprint density at radius 1 is 1.48 bits per heavy atom. The molecule has 1 aliphatic rings. The van der Waals surface area contributed by atoms with E-state index in [1.165, 1.54) is 12.1 Å². The van der Waals surface area contributed by atoms with Gasteiger partial charge in [-0.15, -0.1) is 0 Å². The Bertz CT molecular complexity index is 997. The van der Waals surface area contributed by atoms with Gasteiger partial charge in [-0.3, -0.25) is 9.36 Å². The Labute approximate surface area is 141 Å². The molecule has 0 bridgehead atoms. The van der Waals surface area contributed by atoms with E-state index in [9.17, 15) is 27.5 Å². The summed E-state index contributed by atoms with van der Waals surface area (Å²) in [6, 6.07) is 2.59. The third kappa shape index (κ3) is 3.20. The van der Waals surface area contributed by atoms with Gasteiger partial charge in [-0.2, -0.15) is 9.40 Å². The first-order chi connectivity index (χ1) is 11.7. The van der Waals surface area contributed by atoms with Gasteiger partial charge in [0.1, 0.15) is 17.7 Å². The number of aryl methyl sites for hydroxylation is 1. The first-order valence-electron chi connectivity index (χ1n) is 7.30. The largest absolute Gasteiger partial charge is 0.480 e. The summed E-state index contributed by atoms with van der Waals surface area (Å²) >= 11 is 0. The minimum absolute atomic E-state index is 0.126. The number of carbonyl (C=O) groups is 1. The molecule has 1 aliphatic heterocycles. The van der Waals surface area contributed by atoms with Gasteiger partial charge in [0.25, 0.3) is 0 Å². The molecule has 2 aromatic rings. The average Bonchev–Trinajstić information content (AvgIpc) is 2.90. The van der Waals surface area contributed by atoms with Crippen LogP contribution in [0, 0.1) is 12.7 Å². The fourth-order valence-corrected chi connectivity index (χ4v) is 4.31. The number of hydrogen-bond donors (Lipinski definition) is 2. The predicted octanol–water partition coefficient (Wildman–Crippen LogP) is -0.182. The number of aromatic nitrogens is 3. The van der Waals surface area contributed by atoms with Crippen LogP contribution in [0.1, 0.15) is 17.0 Å². The molecule has 3 rings (SSSR count). The lowest BCUT2D eigenvalue weighted by molar-refractivity contribution is -0.142. The summed E-state index contributed by atoms with van der Waals surface area (Å²) < 4.78 is 40.9. The van der Waals surface area contributed by atoms with Crippen molar-refractivity contribution >= 4 is 16.0 Å². The maximum absolute atomic E-state index is 13.6. The molecule has 1 aromatic heterocycles. The lowest BCUT2D eigenvalue weighted by atomic mass is 10.2. The van der Waals surface area contributed by atoms with Crippen molar-refractivity contribution in [3.63, 3.8) is 0 Å². The molecule has 0 aliphatic carbocycles. The van der Waals surface area contributed by atoms with Crippen LogP contribution in [0.25, 0.3) is 0 Å². The SMILES string of the molecule is Cc1ccc(CS(=O)(=O)N2Cc3n[nH]c(=O)n3CC2C(=O)O)cc1F. The van der Waals surface area contributed by atoms with Gasteiger partial charge in [0, 0.05) is 0 Å². The molecular formula is C14H15FN4O5S. The number of nitrogens with one attached hydrogen (secondary N) is 1. The van der Waals surface area contributed by atoms with E-state index in [0.717, 1.165) is 14.9 Å². The Morgan fingerprint density at radius 3 is 2.84 bits per heavy atom. The first kappa shape index (κ1) is 17.3. The zero-order chi connectivity index (χ0) is 18.4. The molecule has 0 spiro atoms. The number of H-pyrrole nitrogens is 1. The van der Waals surface area contributed by atoms with Crippen LogP contribution in [0.4, 0.5) is 4.39 Å². The lowest BCUT2D eigenvalue weighted by Crippen LogP contribution is -2.52. The van der Waals surface area contributed by atoms with Crippen molar-refractivity contribution in [2.45, 2.75) is 31.8 Å². The Kier molecular flexibility index (Phi) is 4.21. The van der Waals surface area contributed by atoms with E-state index in [4.69, 9.17) is 0 Å². The van der Waals surface area contributed by atoms with Gasteiger partial charge in [0.2, 0.25) is 10.0 Å². The summed E-state index contributed by atoms with van der Waals surface area (Å²) in [5.41, 5.74) is -0.0146. The lowest BCUT2D eigenvalue weighted by Gasteiger charge is -2.31. The molecule has 0 saturated carbocycles. The molecule has 2 N–H and O–H groups in total. The first-order valence-corrected chi connectivity index (χ1v) is 8.91. The van der Waals surface area contributed by atoms with E-state index in [1.807, 2.05) is 0 Å². The molecule has 2 heterocycles. The van der Waals surface area contributed by atoms with E-state index in [-0.39, 0.29) is 24.5 Å². The fourth-order valence-electron chi connectivity index (χ4n) is 2.69. The Hall–Kier alpha value is -2.53. The number of nitrogens with zero attached hydrogens (tertiary/aromatic N) is 3. The smallest absolute Gasteiger partial charge is 0.343 e. The van der Waals surface area contributed by atoms with E-state index >= 15 is 0 Å². The van der Waals surface area contributed by atoms with Crippen LogP contribution in [0.3, 0.4) is 0 Å². The third-order valence-corrected chi connectivity index (χ3v) is 5.86. The molecule has 134 valence electrons. The molecule has 1 atom stereocenters. The highest BCUT2D eigenvalue weighted by molar-refractivity contribution is 7.88. The van der Waals surface area contributed by atoms with Crippen molar-refractivity contribution in [2.75, 3.05) is 0 Å². The maximum Gasteiger partial charge on any atom is 0.343 e. The third-order valence-electron chi connectivity index (χ3n) is 4.07. The van der Waals surface area contributed by atoms with Crippen molar-refractivity contribution in [2.24, 2.45) is 0 Å². The molecule has 25 heavy (non-hydrogen) atoms. The minimum Gasteiger partial charge on any atom is -0.480 e. The van der Waals surface area contributed by atoms with Crippen molar-refractivity contribution < 1.29 is 22.7 Å². The molecule has 0 saturated heterocycles. The number of fused-ring (bicyclic) bond motifs is 1. The summed E-state index contributed by atoms with van der Waals surface area (Å²) in [4.78, 5) is 23.1. The van der Waals surface area contributed by atoms with Gasteiger partial charge >= 0.3 is 11.7 Å². The van der Waals surface area contributed by atoms with Crippen molar-refractivity contribution in [1.82, 2.24) is 19.1 Å². The van der Waals surface area contributed by atoms with Crippen LogP contribution < -0.4 is 5.69 Å². The molecule has 0 fully saturated rings. The van der Waals surface area contributed by atoms with Crippen LogP contribution >= 0.6 is 0 Å². The average molecular weight is 370 g/mol. The van der Waals surface area contributed by atoms with Gasteiger partial charge in [-0.1, -0.05) is 12.1 Å². The molecular weight excluding hydrogens is 355 g/mol. The number of rotatable bonds is 4. The zero-order valence-corrected chi connectivity index (χ0v) is 14.0. The Morgan fingerprint density at radius 2 is 2.20 bits per heavy atom. The minimum atomic E-state index is -4.08. The standard InChI is InChI=1S/C14H15FN4O5S/c1-8-2-3-9(4-10(8)15)7-25(23,24)19-6-12-16-17-14(22)18(12)5-11(19)13(20)21/h2-4,11H,5-7H2,1H3,(H,17,22)(H,20,21). The molecule has 0 amide bonds. The van der Waals surface area contributed by atoms with Gasteiger partial charge in [0.15, 0.2) is 0 Å². The number of carboxylic acid groups (broad SMARTS) is 1. The second kappa shape index (κ2) is 6.08. The number of aliphatic carboxylic acids is 1. The second-order valence-electron chi connectivity index (χ2n) is 5.79. The number of sulfonamides is 1. The fraction of sp³-hybridized carbons (Fsp3) is 0.357. The highest BCUT2D eigenvalue weighted by Gasteiger charge is 2.40. The number of halogens is 1. The highest BCUT2D eigenvalue weighted by Crippen LogP contribution is 2.22. The van der Waals surface area contributed by atoms with Gasteiger partial charge in [-0.25, -0.2) is 22.7 Å². The zero-order valence-electron chi connectivity index (χ0n) is 13.1. The molecule has 1 aromatic carbocycles. The predicted molar refractivity (Wildman–Crippen MR) is 83.6 cm³/mol. The summed E-state index contributed by atoms with van der Waals surface area (Å²) in [5.74, 6) is -2.34. The van der Waals surface area contributed by atoms with Crippen LogP contribution in [-0.2, 0) is 33.7 Å². The van der Waals surface area contributed by atoms with E-state index in [1.54, 1.807) is 6.92 Å². The monoisotopic (exact) mass is 370 g/mol. The second-order valence-corrected chi connectivity index (χ2v) is 7.72. The van der Waals surface area contributed by atoms with Crippen molar-refractivity contribution in [3.8, 4) is 0 Å². The molecule has 1 unspecified atom stereocenters. The highest BCUT2D eigenvalue weighted by atomic mass is 32.2. The van der Waals surface area contributed by atoms with Crippen LogP contribution in [-0.4, -0.2) is 44.6 Å². The van der Waals surface area contributed by atoms with E-state index in [0.29, 0.717) is 5.56 Å². The van der Waals surface area contributed by atoms with Crippen molar-refractivity contribution in [1.29, 1.82) is 0 Å². The number of carboxylic acids is 1. The normalized spacial score (nSPS) is 18.1. The maximum atomic E-state index is 13.6. The van der Waals surface area contributed by atoms with Gasteiger partial charge < -0.3 is 5.11 Å². The van der Waals surface area contributed by atoms with Crippen LogP contribution in [0.2, 0.25) is 0 Å². The summed E-state index contributed by atoms with van der Waals surface area (Å²) in [7, 11) is -4.08. The quantitative estimate of drug-likeness (QED) is 0.769. The number of aromatic amines is 1. The Balaban J connectivity index is 1.95. The number of hydrogen-bond acceptors (Lipinski definition) is 5. The molecule has 9 nitrogen and oxygen atoms in total. The van der Waals surface area contributed by atoms with Gasteiger partial charge in [0.05, 0.1) is 18.8 Å². The summed E-state index contributed by atoms with van der Waals surface area (Å²) in [6.45, 7) is 0.851. The molecule has 11 heteroatoms. The van der Waals surface area contributed by atoms with Crippen LogP contribution in [0.15, 0.2) is 23.0 Å². The van der Waals surface area contributed by atoms with Crippen molar-refractivity contribution in [3.05, 3.63) is 51.5 Å². The van der Waals surface area contributed by atoms with Crippen LogP contribution in [0.5, 0.6) is 0 Å². The van der Waals surface area contributed by atoms with E-state index in [2.05, 4.69) is 10.2 Å². The molecule has 0 radical (unpaired) electrons. The number of benzene rings is 1. The summed E-state index contributed by atoms with van der Waals surface area (Å²) in [5, 5.41) is 15.2. The van der Waals surface area contributed by atoms with Gasteiger partial charge in [-0.05, 0) is 24.1 Å². The van der Waals surface area contributed by atoms with E-state index < -0.39 is 39.3 Å². The summed E-state index contributed by atoms with van der Waals surface area (Å²) in [6.07, 6.45) is 0. The topological polar surface area (TPSA) is 125 Å².